The SMILES string of the molecule is CCCCC1CC(C23C[C@@H]4[C@H](C)CC[C@H]4C4(C=O)CC2C=C(C(C)C)C34C(=O)O)OC1CN1CCC2(CCC(CN3CCOCC3)O2)CC1. The van der Waals surface area contributed by atoms with Gasteiger partial charge in [0.1, 0.15) is 11.7 Å². The fourth-order valence-electron chi connectivity index (χ4n) is 13.8. The minimum atomic E-state index is -1.16. The van der Waals surface area contributed by atoms with Gasteiger partial charge in [-0.05, 0) is 93.3 Å². The Balaban J connectivity index is 1.02. The first-order valence-corrected chi connectivity index (χ1v) is 20.4. The number of carbonyl (C=O) groups excluding carboxylic acids is 1. The Kier molecular flexibility index (Phi) is 9.19. The molecule has 8 nitrogen and oxygen atoms in total. The summed E-state index contributed by atoms with van der Waals surface area (Å²) in [4.78, 5) is 32.9. The number of hydrogen-bond acceptors (Lipinski definition) is 7. The van der Waals surface area contributed by atoms with Crippen LogP contribution in [-0.4, -0.2) is 104 Å². The van der Waals surface area contributed by atoms with Crippen molar-refractivity contribution in [2.24, 2.45) is 51.8 Å². The van der Waals surface area contributed by atoms with Gasteiger partial charge >= 0.3 is 5.97 Å². The van der Waals surface area contributed by atoms with E-state index in [1.807, 2.05) is 0 Å². The minimum Gasteiger partial charge on any atom is -0.481 e. The first kappa shape index (κ1) is 34.7. The number of nitrogens with zero attached hydrogens (tertiary/aromatic N) is 2. The fraction of sp³-hybridized carbons (Fsp3) is 0.902. The molecule has 1 N–H and O–H groups in total. The van der Waals surface area contributed by atoms with Crippen molar-refractivity contribution in [1.29, 1.82) is 0 Å². The van der Waals surface area contributed by atoms with Gasteiger partial charge in [-0.3, -0.25) is 9.69 Å². The average Bonchev–Trinajstić information content (AvgIpc) is 3.88. The van der Waals surface area contributed by atoms with E-state index < -0.39 is 22.2 Å². The number of morpholine rings is 1. The molecule has 11 atom stereocenters. The summed E-state index contributed by atoms with van der Waals surface area (Å²) in [6.07, 6.45) is 16.4. The van der Waals surface area contributed by atoms with Crippen molar-refractivity contribution in [2.45, 2.75) is 129 Å². The molecule has 8 aliphatic rings. The molecule has 8 heteroatoms. The first-order valence-electron chi connectivity index (χ1n) is 20.4. The molecule has 49 heavy (non-hydrogen) atoms. The quantitative estimate of drug-likeness (QED) is 0.203. The molecule has 8 unspecified atom stereocenters. The maximum atomic E-state index is 14.1. The Morgan fingerprint density at radius 1 is 1.04 bits per heavy atom. The van der Waals surface area contributed by atoms with E-state index >= 15 is 0 Å². The van der Waals surface area contributed by atoms with Gasteiger partial charge in [0.15, 0.2) is 0 Å². The lowest BCUT2D eigenvalue weighted by Gasteiger charge is -2.60. The van der Waals surface area contributed by atoms with Crippen LogP contribution in [0.25, 0.3) is 0 Å². The molecule has 0 aromatic rings. The Labute approximate surface area is 295 Å². The highest BCUT2D eigenvalue weighted by Crippen LogP contribution is 2.84. The van der Waals surface area contributed by atoms with Crippen molar-refractivity contribution in [3.8, 4) is 0 Å². The number of rotatable bonds is 11. The van der Waals surface area contributed by atoms with Crippen LogP contribution < -0.4 is 0 Å². The van der Waals surface area contributed by atoms with Gasteiger partial charge < -0.3 is 29.0 Å². The molecule has 3 saturated carbocycles. The lowest BCUT2D eigenvalue weighted by molar-refractivity contribution is -0.197. The number of carboxylic acid groups (broad SMARTS) is 1. The van der Waals surface area contributed by atoms with E-state index in [-0.39, 0.29) is 35.6 Å². The molecule has 4 heterocycles. The second-order valence-electron chi connectivity index (χ2n) is 18.3. The average molecular weight is 681 g/mol. The van der Waals surface area contributed by atoms with Crippen LogP contribution >= 0.6 is 0 Å². The summed E-state index contributed by atoms with van der Waals surface area (Å²) in [5, 5.41) is 11.6. The van der Waals surface area contributed by atoms with Gasteiger partial charge in [-0.15, -0.1) is 0 Å². The zero-order valence-corrected chi connectivity index (χ0v) is 30.9. The summed E-state index contributed by atoms with van der Waals surface area (Å²) < 4.78 is 19.8. The molecule has 4 saturated heterocycles. The van der Waals surface area contributed by atoms with Crippen molar-refractivity contribution in [3.63, 3.8) is 0 Å². The van der Waals surface area contributed by atoms with Gasteiger partial charge in [-0.2, -0.15) is 0 Å². The molecule has 0 aromatic heterocycles. The summed E-state index contributed by atoms with van der Waals surface area (Å²) >= 11 is 0. The molecule has 1 spiro atoms. The number of carboxylic acids is 1. The number of unbranched alkanes of at least 4 members (excludes halogenated alkanes) is 1. The highest BCUT2D eigenvalue weighted by Gasteiger charge is 2.86. The van der Waals surface area contributed by atoms with Gasteiger partial charge in [0.05, 0.1) is 42.5 Å². The summed E-state index contributed by atoms with van der Waals surface area (Å²) in [5.74, 6) is 0.950. The molecular weight excluding hydrogens is 616 g/mol. The third-order valence-corrected chi connectivity index (χ3v) is 16.0. The molecule has 4 aliphatic carbocycles. The van der Waals surface area contributed by atoms with Crippen molar-refractivity contribution in [1.82, 2.24) is 9.80 Å². The number of fused-ring (bicyclic) bond motifs is 2. The van der Waals surface area contributed by atoms with E-state index in [2.05, 4.69) is 43.6 Å². The van der Waals surface area contributed by atoms with Crippen molar-refractivity contribution >= 4 is 12.3 Å². The van der Waals surface area contributed by atoms with Crippen LogP contribution in [-0.2, 0) is 23.8 Å². The predicted molar refractivity (Wildman–Crippen MR) is 188 cm³/mol. The smallest absolute Gasteiger partial charge is 0.315 e. The zero-order valence-electron chi connectivity index (χ0n) is 30.9. The molecule has 0 aromatic carbocycles. The molecular formula is C41H64N2O6. The Hall–Kier alpha value is -1.32. The van der Waals surface area contributed by atoms with Crippen LogP contribution in [0.1, 0.15) is 105 Å². The highest BCUT2D eigenvalue weighted by molar-refractivity contribution is 5.90. The van der Waals surface area contributed by atoms with Crippen molar-refractivity contribution in [2.75, 3.05) is 52.5 Å². The number of hydrogen-bond donors (Lipinski definition) is 1. The number of aliphatic carboxylic acids is 1. The molecule has 274 valence electrons. The summed E-state index contributed by atoms with van der Waals surface area (Å²) in [7, 11) is 0. The standard InChI is InChI=1S/C41H64N2O6/c1-5-6-7-29-20-36(48-35(29)25-42-14-12-38(13-15-42)11-10-31(49-38)24-43-16-18-47-19-17-43)40-23-32-28(4)8-9-33(32)39(26-44)22-30(40)21-34(27(2)3)41(39,40)37(45)46/h21,26-33,35-36H,5-20,22-25H2,1-4H3,(H,45,46)/t28-,29?,30?,31?,32-,33-,35?,36?,39?,40?,41?/m1/s1. The maximum absolute atomic E-state index is 14.1. The number of ether oxygens (including phenoxy) is 3. The van der Waals surface area contributed by atoms with Gasteiger partial charge in [-0.1, -0.05) is 58.6 Å². The Morgan fingerprint density at radius 2 is 1.80 bits per heavy atom. The molecule has 4 aliphatic heterocycles. The summed E-state index contributed by atoms with van der Waals surface area (Å²) in [6.45, 7) is 16.7. The van der Waals surface area contributed by atoms with Gasteiger partial charge in [0, 0.05) is 44.7 Å². The van der Waals surface area contributed by atoms with E-state index in [1.54, 1.807) is 0 Å². The third-order valence-electron chi connectivity index (χ3n) is 16.0. The first-order chi connectivity index (χ1) is 23.6. The fourth-order valence-corrected chi connectivity index (χ4v) is 13.8. The predicted octanol–water partition coefficient (Wildman–Crippen LogP) is 6.22. The summed E-state index contributed by atoms with van der Waals surface area (Å²) in [6, 6.07) is 0. The van der Waals surface area contributed by atoms with Crippen molar-refractivity contribution in [3.05, 3.63) is 11.6 Å². The minimum absolute atomic E-state index is 0.0255. The number of carbonyl (C=O) groups is 2. The van der Waals surface area contributed by atoms with Gasteiger partial charge in [0.25, 0.3) is 0 Å². The van der Waals surface area contributed by atoms with Gasteiger partial charge in [-0.25, -0.2) is 0 Å². The molecule has 4 bridgehead atoms. The number of likely N-dealkylation sites (tertiary alicyclic amines) is 1. The molecule has 8 rings (SSSR count). The second-order valence-corrected chi connectivity index (χ2v) is 18.3. The Morgan fingerprint density at radius 3 is 2.49 bits per heavy atom. The van der Waals surface area contributed by atoms with Crippen LogP contribution in [0.15, 0.2) is 11.6 Å². The topological polar surface area (TPSA) is 88.5 Å². The number of piperidine rings is 1. The molecule has 7 fully saturated rings. The van der Waals surface area contributed by atoms with E-state index in [0.717, 1.165) is 116 Å². The summed E-state index contributed by atoms with van der Waals surface area (Å²) in [5.41, 5.74) is -1.47. The monoisotopic (exact) mass is 680 g/mol. The van der Waals surface area contributed by atoms with E-state index in [4.69, 9.17) is 14.2 Å². The van der Waals surface area contributed by atoms with E-state index in [0.29, 0.717) is 30.3 Å². The van der Waals surface area contributed by atoms with Crippen LogP contribution in [0.4, 0.5) is 0 Å². The molecule has 0 radical (unpaired) electrons. The van der Waals surface area contributed by atoms with Crippen LogP contribution in [0, 0.1) is 51.8 Å². The lowest BCUT2D eigenvalue weighted by Crippen LogP contribution is -2.65. The zero-order chi connectivity index (χ0) is 34.2. The third kappa shape index (κ3) is 5.06. The van der Waals surface area contributed by atoms with E-state index in [9.17, 15) is 14.7 Å². The molecule has 0 amide bonds. The van der Waals surface area contributed by atoms with Crippen LogP contribution in [0.5, 0.6) is 0 Å². The van der Waals surface area contributed by atoms with E-state index in [1.165, 1.54) is 19.1 Å². The largest absolute Gasteiger partial charge is 0.481 e. The van der Waals surface area contributed by atoms with Gasteiger partial charge in [0.2, 0.25) is 0 Å². The van der Waals surface area contributed by atoms with Crippen molar-refractivity contribution < 1.29 is 28.9 Å². The highest BCUT2D eigenvalue weighted by atomic mass is 16.5. The van der Waals surface area contributed by atoms with Crippen LogP contribution in [0.2, 0.25) is 0 Å². The Bertz CT molecular complexity index is 1290. The normalized spacial score (nSPS) is 46.1. The number of aldehydes is 1. The lowest BCUT2D eigenvalue weighted by atomic mass is 9.41. The van der Waals surface area contributed by atoms with Crippen LogP contribution in [0.3, 0.4) is 0 Å². The maximum Gasteiger partial charge on any atom is 0.315 e. The number of allylic oxidation sites excluding steroid dienone is 1. The second kappa shape index (κ2) is 13.0.